The fourth-order valence-corrected chi connectivity index (χ4v) is 2.73. The number of aromatic amines is 1. The molecule has 122 valence electrons. The minimum atomic E-state index is 0.527. The third-order valence-corrected chi connectivity index (χ3v) is 3.93. The standard InChI is InChI=1S/C18H24N4O/c1-4-22(12-17-20-18(23-21-17)9-13(2)3)11-14-5-6-16-15(10-14)7-8-19-16/h5-8,10,13,19H,4,9,11-12H2,1-3H3. The van der Waals surface area contributed by atoms with E-state index < -0.39 is 0 Å². The number of hydrogen-bond donors (Lipinski definition) is 1. The summed E-state index contributed by atoms with van der Waals surface area (Å²) in [6, 6.07) is 8.64. The van der Waals surface area contributed by atoms with Crippen molar-refractivity contribution in [1.29, 1.82) is 0 Å². The maximum absolute atomic E-state index is 5.33. The van der Waals surface area contributed by atoms with Gasteiger partial charge >= 0.3 is 0 Å². The summed E-state index contributed by atoms with van der Waals surface area (Å²) in [6.45, 7) is 9.00. The lowest BCUT2D eigenvalue weighted by Crippen LogP contribution is -2.23. The van der Waals surface area contributed by atoms with E-state index in [2.05, 4.69) is 65.1 Å². The van der Waals surface area contributed by atoms with E-state index in [9.17, 15) is 0 Å². The molecule has 2 aromatic heterocycles. The van der Waals surface area contributed by atoms with Crippen LogP contribution in [0, 0.1) is 5.92 Å². The van der Waals surface area contributed by atoms with Gasteiger partial charge in [0.1, 0.15) is 0 Å². The van der Waals surface area contributed by atoms with Crippen LogP contribution in [0.2, 0.25) is 0 Å². The van der Waals surface area contributed by atoms with Gasteiger partial charge in [0.05, 0.1) is 6.54 Å². The second-order valence-corrected chi connectivity index (χ2v) is 6.40. The van der Waals surface area contributed by atoms with Gasteiger partial charge in [-0.3, -0.25) is 4.90 Å². The number of rotatable bonds is 7. The van der Waals surface area contributed by atoms with Crippen molar-refractivity contribution in [3.63, 3.8) is 0 Å². The first-order valence-electron chi connectivity index (χ1n) is 8.24. The third kappa shape index (κ3) is 3.99. The van der Waals surface area contributed by atoms with Crippen molar-refractivity contribution in [2.24, 2.45) is 5.92 Å². The molecular formula is C18H24N4O. The van der Waals surface area contributed by atoms with Gasteiger partial charge < -0.3 is 9.51 Å². The largest absolute Gasteiger partial charge is 0.361 e. The summed E-state index contributed by atoms with van der Waals surface area (Å²) in [5.41, 5.74) is 2.47. The van der Waals surface area contributed by atoms with Crippen LogP contribution in [-0.4, -0.2) is 26.6 Å². The van der Waals surface area contributed by atoms with E-state index in [0.29, 0.717) is 12.5 Å². The number of nitrogens with zero attached hydrogens (tertiary/aromatic N) is 3. The SMILES string of the molecule is CCN(Cc1ccc2[nH]ccc2c1)Cc1noc(CC(C)C)n1. The van der Waals surface area contributed by atoms with Crippen molar-refractivity contribution in [1.82, 2.24) is 20.0 Å². The first kappa shape index (κ1) is 15.7. The van der Waals surface area contributed by atoms with Gasteiger partial charge in [-0.1, -0.05) is 32.0 Å². The summed E-state index contributed by atoms with van der Waals surface area (Å²) < 4.78 is 5.33. The molecule has 0 saturated carbocycles. The molecule has 3 aromatic rings. The second kappa shape index (κ2) is 6.96. The number of hydrogen-bond acceptors (Lipinski definition) is 4. The lowest BCUT2D eigenvalue weighted by atomic mass is 10.1. The molecule has 1 N–H and O–H groups in total. The van der Waals surface area contributed by atoms with Crippen molar-refractivity contribution < 1.29 is 4.52 Å². The summed E-state index contributed by atoms with van der Waals surface area (Å²) in [6.07, 6.45) is 2.81. The molecule has 1 aromatic carbocycles. The van der Waals surface area contributed by atoms with Gasteiger partial charge in [0.2, 0.25) is 5.89 Å². The van der Waals surface area contributed by atoms with Gasteiger partial charge in [-0.25, -0.2) is 0 Å². The molecule has 0 aliphatic carbocycles. The van der Waals surface area contributed by atoms with E-state index in [1.807, 2.05) is 6.20 Å². The van der Waals surface area contributed by atoms with Crippen molar-refractivity contribution in [3.8, 4) is 0 Å². The zero-order chi connectivity index (χ0) is 16.2. The smallest absolute Gasteiger partial charge is 0.226 e. The average Bonchev–Trinajstić information content (AvgIpc) is 3.14. The Morgan fingerprint density at radius 3 is 2.87 bits per heavy atom. The summed E-state index contributed by atoms with van der Waals surface area (Å²) in [4.78, 5) is 10.0. The molecule has 0 fully saturated rings. The van der Waals surface area contributed by atoms with E-state index >= 15 is 0 Å². The van der Waals surface area contributed by atoms with Gasteiger partial charge in [-0.15, -0.1) is 0 Å². The zero-order valence-corrected chi connectivity index (χ0v) is 14.0. The van der Waals surface area contributed by atoms with Crippen LogP contribution in [0.5, 0.6) is 0 Å². The van der Waals surface area contributed by atoms with Crippen LogP contribution in [0.1, 0.15) is 38.0 Å². The van der Waals surface area contributed by atoms with Crippen molar-refractivity contribution in [2.45, 2.75) is 40.3 Å². The first-order chi connectivity index (χ1) is 11.1. The fraction of sp³-hybridized carbons (Fsp3) is 0.444. The Morgan fingerprint density at radius 2 is 2.09 bits per heavy atom. The molecule has 0 aliphatic rings. The molecule has 3 rings (SSSR count). The number of nitrogens with one attached hydrogen (secondary N) is 1. The highest BCUT2D eigenvalue weighted by Gasteiger charge is 2.12. The fourth-order valence-electron chi connectivity index (χ4n) is 2.73. The summed E-state index contributed by atoms with van der Waals surface area (Å²) in [5, 5.41) is 5.36. The van der Waals surface area contributed by atoms with E-state index in [4.69, 9.17) is 4.52 Å². The van der Waals surface area contributed by atoms with Crippen molar-refractivity contribution in [3.05, 3.63) is 47.7 Å². The van der Waals surface area contributed by atoms with Crippen LogP contribution in [0.4, 0.5) is 0 Å². The van der Waals surface area contributed by atoms with Gasteiger partial charge in [-0.05, 0) is 41.6 Å². The van der Waals surface area contributed by atoms with E-state index in [1.54, 1.807) is 0 Å². The Hall–Kier alpha value is -2.14. The predicted molar refractivity (Wildman–Crippen MR) is 90.9 cm³/mol. The van der Waals surface area contributed by atoms with Crippen molar-refractivity contribution in [2.75, 3.05) is 6.54 Å². The van der Waals surface area contributed by atoms with Crippen LogP contribution in [0.25, 0.3) is 10.9 Å². The van der Waals surface area contributed by atoms with Gasteiger partial charge in [0.15, 0.2) is 5.82 Å². The Balaban J connectivity index is 1.66. The highest BCUT2D eigenvalue weighted by Crippen LogP contribution is 2.16. The minimum Gasteiger partial charge on any atom is -0.361 e. The molecule has 0 spiro atoms. The van der Waals surface area contributed by atoms with Crippen LogP contribution in [-0.2, 0) is 19.5 Å². The van der Waals surface area contributed by atoms with Gasteiger partial charge in [0.25, 0.3) is 0 Å². The normalized spacial score (nSPS) is 11.9. The van der Waals surface area contributed by atoms with Crippen LogP contribution in [0.3, 0.4) is 0 Å². The molecule has 0 bridgehead atoms. The van der Waals surface area contributed by atoms with Crippen LogP contribution in [0.15, 0.2) is 35.0 Å². The first-order valence-corrected chi connectivity index (χ1v) is 8.24. The molecule has 0 radical (unpaired) electrons. The summed E-state index contributed by atoms with van der Waals surface area (Å²) in [7, 11) is 0. The molecule has 0 unspecified atom stereocenters. The van der Waals surface area contributed by atoms with Gasteiger partial charge in [-0.2, -0.15) is 4.98 Å². The minimum absolute atomic E-state index is 0.527. The van der Waals surface area contributed by atoms with E-state index in [1.165, 1.54) is 16.5 Å². The second-order valence-electron chi connectivity index (χ2n) is 6.40. The predicted octanol–water partition coefficient (Wildman–Crippen LogP) is 3.77. The summed E-state index contributed by atoms with van der Waals surface area (Å²) in [5.74, 6) is 2.03. The third-order valence-electron chi connectivity index (χ3n) is 3.93. The molecule has 0 saturated heterocycles. The molecule has 5 heteroatoms. The highest BCUT2D eigenvalue weighted by atomic mass is 16.5. The Labute approximate surface area is 136 Å². The Bertz CT molecular complexity index is 759. The lowest BCUT2D eigenvalue weighted by Gasteiger charge is -2.18. The molecule has 5 nitrogen and oxygen atoms in total. The molecule has 23 heavy (non-hydrogen) atoms. The van der Waals surface area contributed by atoms with E-state index in [0.717, 1.165) is 31.2 Å². The molecule has 0 atom stereocenters. The monoisotopic (exact) mass is 312 g/mol. The Kier molecular flexibility index (Phi) is 4.76. The van der Waals surface area contributed by atoms with E-state index in [-0.39, 0.29) is 0 Å². The average molecular weight is 312 g/mol. The maximum Gasteiger partial charge on any atom is 0.226 e. The number of H-pyrrole nitrogens is 1. The Morgan fingerprint density at radius 1 is 1.22 bits per heavy atom. The quantitative estimate of drug-likeness (QED) is 0.721. The maximum atomic E-state index is 5.33. The molecule has 0 amide bonds. The van der Waals surface area contributed by atoms with Crippen LogP contribution >= 0.6 is 0 Å². The van der Waals surface area contributed by atoms with Crippen molar-refractivity contribution >= 4 is 10.9 Å². The number of fused-ring (bicyclic) bond motifs is 1. The topological polar surface area (TPSA) is 58.0 Å². The number of benzene rings is 1. The molecule has 2 heterocycles. The molecule has 0 aliphatic heterocycles. The zero-order valence-electron chi connectivity index (χ0n) is 14.0. The number of aromatic nitrogens is 3. The highest BCUT2D eigenvalue weighted by molar-refractivity contribution is 5.79. The molecular weight excluding hydrogens is 288 g/mol. The lowest BCUT2D eigenvalue weighted by molar-refractivity contribution is 0.258. The van der Waals surface area contributed by atoms with Gasteiger partial charge in [0, 0.05) is 24.7 Å². The summed E-state index contributed by atoms with van der Waals surface area (Å²) >= 11 is 0. The van der Waals surface area contributed by atoms with Crippen LogP contribution < -0.4 is 0 Å².